The maximum absolute atomic E-state index is 3.15. The van der Waals surface area contributed by atoms with E-state index in [0.29, 0.717) is 0 Å². The summed E-state index contributed by atoms with van der Waals surface area (Å²) in [7, 11) is 0. The van der Waals surface area contributed by atoms with Crippen LogP contribution in [0.3, 0.4) is 0 Å². The molecule has 2 aliphatic rings. The van der Waals surface area contributed by atoms with Crippen LogP contribution >= 0.6 is 0 Å². The lowest BCUT2D eigenvalue weighted by atomic mass is 10.1. The third-order valence-corrected chi connectivity index (χ3v) is 1.61. The topological polar surface area (TPSA) is 14.0 Å². The average molecular weight is 118 g/mol. The lowest BCUT2D eigenvalue weighted by Crippen LogP contribution is -2.64. The van der Waals surface area contributed by atoms with E-state index in [1.54, 1.807) is 0 Å². The van der Waals surface area contributed by atoms with Crippen molar-refractivity contribution in [3.63, 3.8) is 0 Å². The molecule has 0 aromatic carbocycles. The Morgan fingerprint density at radius 3 is 3.22 bits per heavy atom. The number of hydrogen-bond donors (Lipinski definition) is 1. The van der Waals surface area contributed by atoms with Gasteiger partial charge in [-0.25, -0.2) is 4.99 Å². The van der Waals surface area contributed by atoms with Crippen molar-refractivity contribution in [2.24, 2.45) is 0 Å². The largest absolute Gasteiger partial charge is 0.211 e. The second-order valence-corrected chi connectivity index (χ2v) is 2.22. The van der Waals surface area contributed by atoms with Gasteiger partial charge in [-0.05, 0) is 6.42 Å². The van der Waals surface area contributed by atoms with Crippen LogP contribution in [0.25, 0.3) is 0 Å². The summed E-state index contributed by atoms with van der Waals surface area (Å²) in [4.78, 5) is 3.15. The van der Waals surface area contributed by atoms with Crippen LogP contribution in [0, 0.1) is 0 Å². The molecule has 0 amide bonds. The van der Waals surface area contributed by atoms with Crippen molar-refractivity contribution in [3.8, 4) is 0 Å². The average Bonchev–Trinajstić information content (AvgIpc) is 2.33. The number of nitrogens with one attached hydrogen (secondary N) is 1. The minimum Gasteiger partial charge on any atom is -0.211 e. The number of fused-ring (bicyclic) bond motifs is 1. The lowest BCUT2D eigenvalue weighted by molar-refractivity contribution is -0.382. The Kier molecular flexibility index (Phi) is 0.890. The van der Waals surface area contributed by atoms with Gasteiger partial charge in [-0.3, -0.25) is 0 Å². The molecule has 1 nitrogen and oxygen atoms in total. The highest BCUT2D eigenvalue weighted by Gasteiger charge is 2.13. The van der Waals surface area contributed by atoms with Crippen LogP contribution in [-0.4, -0.2) is 6.21 Å². The molecule has 1 aliphatic carbocycles. The van der Waals surface area contributed by atoms with Gasteiger partial charge in [-0.1, -0.05) is 12.2 Å². The smallest absolute Gasteiger partial charge is 0.207 e. The van der Waals surface area contributed by atoms with E-state index in [9.17, 15) is 0 Å². The molecule has 2 rings (SSSR count). The molecule has 0 unspecified atom stereocenters. The van der Waals surface area contributed by atoms with E-state index in [-0.39, 0.29) is 0 Å². The van der Waals surface area contributed by atoms with Crippen molar-refractivity contribution < 1.29 is 4.99 Å². The minimum absolute atomic E-state index is 1.08. The second-order valence-electron chi connectivity index (χ2n) is 2.22. The third-order valence-electron chi connectivity index (χ3n) is 1.61. The number of allylic oxidation sites excluding steroid dienone is 5. The van der Waals surface area contributed by atoms with Crippen molar-refractivity contribution in [1.82, 2.24) is 0 Å². The van der Waals surface area contributed by atoms with E-state index in [2.05, 4.69) is 29.3 Å². The first-order valence-corrected chi connectivity index (χ1v) is 3.13. The predicted octanol–water partition coefficient (Wildman–Crippen LogP) is -0.0784. The summed E-state index contributed by atoms with van der Waals surface area (Å²) in [5.41, 5.74) is 2.66. The van der Waals surface area contributed by atoms with Crippen LogP contribution in [0.15, 0.2) is 35.6 Å². The molecule has 1 heteroatoms. The zero-order valence-corrected chi connectivity index (χ0v) is 5.09. The molecule has 0 radical (unpaired) electrons. The zero-order chi connectivity index (χ0) is 6.10. The van der Waals surface area contributed by atoms with E-state index < -0.39 is 0 Å². The molecular weight excluding hydrogens is 110 g/mol. The summed E-state index contributed by atoms with van der Waals surface area (Å²) >= 11 is 0. The third kappa shape index (κ3) is 0.653. The Labute approximate surface area is 54.1 Å². The fourth-order valence-electron chi connectivity index (χ4n) is 1.11. The molecule has 1 aliphatic heterocycles. The highest BCUT2D eigenvalue weighted by molar-refractivity contribution is 5.72. The van der Waals surface area contributed by atoms with Crippen LogP contribution in [-0.2, 0) is 0 Å². The molecule has 0 fully saturated rings. The number of hydrogen-bond acceptors (Lipinski definition) is 0. The number of rotatable bonds is 0. The molecule has 0 aromatic heterocycles. The maximum atomic E-state index is 3.15. The van der Waals surface area contributed by atoms with Crippen molar-refractivity contribution in [1.29, 1.82) is 0 Å². The van der Waals surface area contributed by atoms with Gasteiger partial charge in [-0.15, -0.1) is 0 Å². The normalized spacial score (nSPS) is 21.3. The standard InChI is InChI=1S/C8H7N/c1-2-4-8-7(3-1)5-6-9-8/h1-2,4-6H,3H2/p+1. The zero-order valence-electron chi connectivity index (χ0n) is 5.09. The molecule has 0 spiro atoms. The molecule has 0 saturated carbocycles. The summed E-state index contributed by atoms with van der Waals surface area (Å²) in [6, 6.07) is 0. The van der Waals surface area contributed by atoms with Crippen LogP contribution < -0.4 is 4.99 Å². The molecule has 0 atom stereocenters. The fraction of sp³-hybridized carbons (Fsp3) is 0.125. The van der Waals surface area contributed by atoms with Gasteiger partial charge in [0.15, 0.2) is 6.21 Å². The van der Waals surface area contributed by atoms with E-state index in [1.807, 2.05) is 6.21 Å². The molecule has 9 heavy (non-hydrogen) atoms. The Morgan fingerprint density at radius 1 is 1.33 bits per heavy atom. The summed E-state index contributed by atoms with van der Waals surface area (Å²) in [5.74, 6) is 0. The molecular formula is C8H8N+. The molecule has 44 valence electrons. The first-order valence-electron chi connectivity index (χ1n) is 3.13. The van der Waals surface area contributed by atoms with Crippen LogP contribution in [0.2, 0.25) is 0 Å². The summed E-state index contributed by atoms with van der Waals surface area (Å²) < 4.78 is 0. The second kappa shape index (κ2) is 1.69. The maximum Gasteiger partial charge on any atom is 0.207 e. The minimum atomic E-state index is 1.08. The molecule has 0 bridgehead atoms. The highest BCUT2D eigenvalue weighted by Crippen LogP contribution is 2.13. The van der Waals surface area contributed by atoms with Gasteiger partial charge in [0.25, 0.3) is 0 Å². The lowest BCUT2D eigenvalue weighted by Gasteiger charge is -1.96. The van der Waals surface area contributed by atoms with Crippen molar-refractivity contribution >= 4 is 6.21 Å². The first kappa shape index (κ1) is 4.74. The van der Waals surface area contributed by atoms with Gasteiger partial charge in [0, 0.05) is 17.7 Å². The van der Waals surface area contributed by atoms with Gasteiger partial charge < -0.3 is 0 Å². The Morgan fingerprint density at radius 2 is 2.33 bits per heavy atom. The fourth-order valence-corrected chi connectivity index (χ4v) is 1.11. The molecule has 1 N–H and O–H groups in total. The van der Waals surface area contributed by atoms with Crippen LogP contribution in [0.4, 0.5) is 0 Å². The van der Waals surface area contributed by atoms with Crippen LogP contribution in [0.5, 0.6) is 0 Å². The van der Waals surface area contributed by atoms with E-state index in [4.69, 9.17) is 0 Å². The molecule has 0 saturated heterocycles. The summed E-state index contributed by atoms with van der Waals surface area (Å²) in [5, 5.41) is 0. The Balaban J connectivity index is 2.46. The Hall–Kier alpha value is -1.11. The SMILES string of the molecule is C1=CCC2=CC=[NH+]C2=C1. The van der Waals surface area contributed by atoms with Crippen molar-refractivity contribution in [2.75, 3.05) is 0 Å². The summed E-state index contributed by atoms with van der Waals surface area (Å²) in [6.07, 6.45) is 11.5. The monoisotopic (exact) mass is 118 g/mol. The van der Waals surface area contributed by atoms with Crippen LogP contribution in [0.1, 0.15) is 6.42 Å². The first-order chi connectivity index (χ1) is 4.47. The van der Waals surface area contributed by atoms with E-state index in [0.717, 1.165) is 6.42 Å². The van der Waals surface area contributed by atoms with Gasteiger partial charge in [0.1, 0.15) is 0 Å². The Bertz CT molecular complexity index is 241. The quantitative estimate of drug-likeness (QED) is 0.457. The predicted molar refractivity (Wildman–Crippen MR) is 36.9 cm³/mol. The summed E-state index contributed by atoms with van der Waals surface area (Å²) in [6.45, 7) is 0. The van der Waals surface area contributed by atoms with Gasteiger partial charge in [-0.2, -0.15) is 0 Å². The van der Waals surface area contributed by atoms with Crippen molar-refractivity contribution in [2.45, 2.75) is 6.42 Å². The van der Waals surface area contributed by atoms with Crippen molar-refractivity contribution in [3.05, 3.63) is 35.6 Å². The molecule has 1 heterocycles. The molecule has 0 aromatic rings. The van der Waals surface area contributed by atoms with Gasteiger partial charge >= 0.3 is 0 Å². The highest BCUT2D eigenvalue weighted by atomic mass is 14.8. The van der Waals surface area contributed by atoms with Gasteiger partial charge in [0.2, 0.25) is 5.70 Å². The van der Waals surface area contributed by atoms with Gasteiger partial charge in [0.05, 0.1) is 0 Å². The van der Waals surface area contributed by atoms with E-state index >= 15 is 0 Å². The van der Waals surface area contributed by atoms with E-state index in [1.165, 1.54) is 11.3 Å².